The number of fused-ring (bicyclic) bond motifs is 1. The van der Waals surface area contributed by atoms with Gasteiger partial charge in [-0.3, -0.25) is 9.36 Å². The highest BCUT2D eigenvalue weighted by molar-refractivity contribution is 9.10. The van der Waals surface area contributed by atoms with Crippen LogP contribution in [0.2, 0.25) is 0 Å². The Bertz CT molecular complexity index is 1410. The number of nitrogens with one attached hydrogen (secondary N) is 1. The van der Waals surface area contributed by atoms with Gasteiger partial charge in [-0.1, -0.05) is 39.4 Å². The molecule has 170 valence electrons. The third kappa shape index (κ3) is 4.65. The zero-order valence-corrected chi connectivity index (χ0v) is 20.7. The lowest BCUT2D eigenvalue weighted by Crippen LogP contribution is -2.40. The van der Waals surface area contributed by atoms with E-state index < -0.39 is 12.0 Å². The van der Waals surface area contributed by atoms with Crippen molar-refractivity contribution in [3.8, 4) is 5.75 Å². The maximum Gasteiger partial charge on any atom is 0.338 e. The van der Waals surface area contributed by atoms with Crippen molar-refractivity contribution < 1.29 is 14.3 Å². The maximum atomic E-state index is 13.5. The number of carbonyl (C=O) groups is 1. The minimum atomic E-state index is -0.676. The van der Waals surface area contributed by atoms with Crippen molar-refractivity contribution in [2.75, 3.05) is 19.0 Å². The van der Waals surface area contributed by atoms with Crippen LogP contribution in [0.25, 0.3) is 6.20 Å². The Balaban J connectivity index is 1.87. The first-order valence-electron chi connectivity index (χ1n) is 10.3. The summed E-state index contributed by atoms with van der Waals surface area (Å²) in [5, 5.41) is 3.16. The first-order chi connectivity index (χ1) is 15.9. The normalized spacial score (nSPS) is 15.6. The molecule has 0 aliphatic carbocycles. The molecule has 1 aliphatic rings. The number of esters is 1. The van der Waals surface area contributed by atoms with Crippen LogP contribution < -0.4 is 24.9 Å². The van der Waals surface area contributed by atoms with E-state index in [-0.39, 0.29) is 12.2 Å². The van der Waals surface area contributed by atoms with Gasteiger partial charge >= 0.3 is 5.97 Å². The largest absolute Gasteiger partial charge is 0.497 e. The number of aromatic nitrogens is 1. The Labute approximate surface area is 202 Å². The average Bonchev–Trinajstić information content (AvgIpc) is 3.12. The highest BCUT2D eigenvalue weighted by atomic mass is 79.9. The lowest BCUT2D eigenvalue weighted by Gasteiger charge is -2.24. The van der Waals surface area contributed by atoms with Crippen molar-refractivity contribution in [1.82, 2.24) is 4.57 Å². The van der Waals surface area contributed by atoms with Crippen molar-refractivity contribution in [2.24, 2.45) is 4.99 Å². The van der Waals surface area contributed by atoms with Gasteiger partial charge in [-0.05, 0) is 55.8 Å². The number of thiazole rings is 1. The van der Waals surface area contributed by atoms with Crippen LogP contribution in [0.5, 0.6) is 5.75 Å². The van der Waals surface area contributed by atoms with E-state index in [0.717, 1.165) is 15.7 Å². The number of hydrogen-bond acceptors (Lipinski definition) is 7. The summed E-state index contributed by atoms with van der Waals surface area (Å²) in [5.41, 5.74) is 2.20. The minimum Gasteiger partial charge on any atom is -0.497 e. The van der Waals surface area contributed by atoms with Crippen LogP contribution in [-0.4, -0.2) is 24.3 Å². The fourth-order valence-corrected chi connectivity index (χ4v) is 4.85. The van der Waals surface area contributed by atoms with Crippen LogP contribution in [0.15, 0.2) is 74.1 Å². The average molecular weight is 528 g/mol. The van der Waals surface area contributed by atoms with E-state index in [2.05, 4.69) is 26.2 Å². The van der Waals surface area contributed by atoms with Gasteiger partial charge in [0.1, 0.15) is 10.3 Å². The van der Waals surface area contributed by atoms with Crippen molar-refractivity contribution in [1.29, 1.82) is 0 Å². The van der Waals surface area contributed by atoms with E-state index in [1.54, 1.807) is 31.7 Å². The van der Waals surface area contributed by atoms with E-state index in [4.69, 9.17) is 9.47 Å². The number of anilines is 1. The third-order valence-electron chi connectivity index (χ3n) is 5.14. The van der Waals surface area contributed by atoms with E-state index >= 15 is 0 Å². The van der Waals surface area contributed by atoms with E-state index in [1.165, 1.54) is 11.3 Å². The number of methoxy groups -OCH3 is 1. The molecule has 0 fully saturated rings. The molecule has 0 spiro atoms. The Hall–Kier alpha value is -3.17. The van der Waals surface area contributed by atoms with Gasteiger partial charge in [-0.25, -0.2) is 9.79 Å². The molecule has 2 aromatic carbocycles. The second kappa shape index (κ2) is 9.76. The summed E-state index contributed by atoms with van der Waals surface area (Å²) in [6.07, 6.45) is 1.67. The Morgan fingerprint density at radius 3 is 2.73 bits per heavy atom. The first-order valence-corrected chi connectivity index (χ1v) is 11.9. The molecular weight excluding hydrogens is 506 g/mol. The van der Waals surface area contributed by atoms with Gasteiger partial charge in [0.15, 0.2) is 4.80 Å². The van der Waals surface area contributed by atoms with Crippen LogP contribution in [-0.2, 0) is 9.53 Å². The zero-order chi connectivity index (χ0) is 23.5. The summed E-state index contributed by atoms with van der Waals surface area (Å²) in [6.45, 7) is 3.73. The molecule has 0 bridgehead atoms. The molecular formula is C24H22BrN3O4S. The lowest BCUT2D eigenvalue weighted by molar-refractivity contribution is -0.139. The van der Waals surface area contributed by atoms with Crippen molar-refractivity contribution in [3.63, 3.8) is 0 Å². The van der Waals surface area contributed by atoms with Crippen LogP contribution >= 0.6 is 27.3 Å². The molecule has 4 rings (SSSR count). The smallest absolute Gasteiger partial charge is 0.338 e. The molecule has 2 heterocycles. The quantitative estimate of drug-likeness (QED) is 0.495. The molecule has 1 aromatic heterocycles. The van der Waals surface area contributed by atoms with E-state index in [9.17, 15) is 9.59 Å². The van der Waals surface area contributed by atoms with Gasteiger partial charge in [-0.2, -0.15) is 0 Å². The predicted octanol–water partition coefficient (Wildman–Crippen LogP) is 3.59. The number of rotatable bonds is 6. The summed E-state index contributed by atoms with van der Waals surface area (Å²) < 4.78 is 13.7. The maximum absolute atomic E-state index is 13.5. The molecule has 3 aromatic rings. The topological polar surface area (TPSA) is 81.9 Å². The molecule has 1 N–H and O–H groups in total. The summed E-state index contributed by atoms with van der Waals surface area (Å²) in [7, 11) is 1.58. The highest BCUT2D eigenvalue weighted by Crippen LogP contribution is 2.32. The molecule has 0 unspecified atom stereocenters. The second-order valence-corrected chi connectivity index (χ2v) is 9.15. The van der Waals surface area contributed by atoms with Crippen LogP contribution in [0, 0.1) is 0 Å². The van der Waals surface area contributed by atoms with Crippen LogP contribution in [0.1, 0.15) is 25.5 Å². The Morgan fingerprint density at radius 2 is 2.03 bits per heavy atom. The van der Waals surface area contributed by atoms with Crippen LogP contribution in [0.3, 0.4) is 0 Å². The van der Waals surface area contributed by atoms with Gasteiger partial charge in [0, 0.05) is 16.4 Å². The summed E-state index contributed by atoms with van der Waals surface area (Å²) in [6, 6.07) is 14.3. The summed E-state index contributed by atoms with van der Waals surface area (Å²) >= 11 is 4.67. The Morgan fingerprint density at radius 1 is 1.27 bits per heavy atom. The van der Waals surface area contributed by atoms with Crippen LogP contribution in [0.4, 0.5) is 5.69 Å². The van der Waals surface area contributed by atoms with Gasteiger partial charge < -0.3 is 14.8 Å². The molecule has 0 saturated heterocycles. The lowest BCUT2D eigenvalue weighted by atomic mass is 9.95. The fraction of sp³-hybridized carbons (Fsp3) is 0.208. The number of benzene rings is 2. The standard InChI is InChI=1S/C24H22BrN3O4S/c1-4-32-23(30)20-14(2)27-24-28(21(20)15-6-5-7-18(12-15)31-3)22(29)19(33-24)13-26-17-10-8-16(25)9-11-17/h5-13,21,26H,4H2,1-3H3/b19-13-/t21-/m1/s1. The first kappa shape index (κ1) is 23.0. The molecule has 9 heteroatoms. The van der Waals surface area contributed by atoms with Crippen molar-refractivity contribution >= 4 is 45.1 Å². The minimum absolute atomic E-state index is 0.224. The SMILES string of the molecule is CCOC(=O)C1=C(C)N=c2s/c(=C\Nc3ccc(Br)cc3)c(=O)n2[C@@H]1c1cccc(OC)c1. The zero-order valence-electron chi connectivity index (χ0n) is 18.3. The van der Waals surface area contributed by atoms with Gasteiger partial charge in [0.05, 0.1) is 31.0 Å². The molecule has 7 nitrogen and oxygen atoms in total. The molecule has 33 heavy (non-hydrogen) atoms. The molecule has 0 amide bonds. The summed E-state index contributed by atoms with van der Waals surface area (Å²) in [4.78, 5) is 31.5. The van der Waals surface area contributed by atoms with E-state index in [1.807, 2.05) is 48.5 Å². The van der Waals surface area contributed by atoms with Gasteiger partial charge in [0.2, 0.25) is 0 Å². The van der Waals surface area contributed by atoms with Gasteiger partial charge in [-0.15, -0.1) is 0 Å². The van der Waals surface area contributed by atoms with Crippen molar-refractivity contribution in [2.45, 2.75) is 19.9 Å². The number of halogens is 1. The number of hydrogen-bond donors (Lipinski definition) is 1. The highest BCUT2D eigenvalue weighted by Gasteiger charge is 2.33. The Kier molecular flexibility index (Phi) is 6.80. The van der Waals surface area contributed by atoms with Crippen molar-refractivity contribution in [3.05, 3.63) is 89.5 Å². The predicted molar refractivity (Wildman–Crippen MR) is 132 cm³/mol. The van der Waals surface area contributed by atoms with Gasteiger partial charge in [0.25, 0.3) is 5.56 Å². The monoisotopic (exact) mass is 527 g/mol. The third-order valence-corrected chi connectivity index (χ3v) is 6.65. The molecule has 1 atom stereocenters. The number of ether oxygens (including phenoxy) is 2. The number of allylic oxidation sites excluding steroid dienone is 1. The fourth-order valence-electron chi connectivity index (χ4n) is 3.61. The number of nitrogens with zero attached hydrogens (tertiary/aromatic N) is 2. The molecule has 0 radical (unpaired) electrons. The number of carbonyl (C=O) groups excluding carboxylic acids is 1. The molecule has 0 saturated carbocycles. The second-order valence-electron chi connectivity index (χ2n) is 7.23. The molecule has 1 aliphatic heterocycles. The van der Waals surface area contributed by atoms with E-state index in [0.29, 0.717) is 26.4 Å². The summed E-state index contributed by atoms with van der Waals surface area (Å²) in [5.74, 6) is 0.137.